The smallest absolute Gasteiger partial charge is 0.324 e. The van der Waals surface area contributed by atoms with Crippen molar-refractivity contribution in [2.75, 3.05) is 38.8 Å². The van der Waals surface area contributed by atoms with Crippen LogP contribution in [0.5, 0.6) is 17.2 Å². The van der Waals surface area contributed by atoms with E-state index < -0.39 is 23.5 Å². The summed E-state index contributed by atoms with van der Waals surface area (Å²) < 4.78 is 30.7. The molecule has 2 aromatic carbocycles. The summed E-state index contributed by atoms with van der Waals surface area (Å²) in [4.78, 5) is 40.9. The number of amides is 4. The van der Waals surface area contributed by atoms with Crippen molar-refractivity contribution in [3.8, 4) is 17.2 Å². The van der Waals surface area contributed by atoms with Crippen LogP contribution in [0.4, 0.5) is 14.9 Å². The van der Waals surface area contributed by atoms with Crippen LogP contribution in [0.25, 0.3) is 0 Å². The van der Waals surface area contributed by atoms with Crippen molar-refractivity contribution < 1.29 is 33.0 Å². The summed E-state index contributed by atoms with van der Waals surface area (Å²) >= 11 is 0. The van der Waals surface area contributed by atoms with Crippen LogP contribution in [0.15, 0.2) is 36.4 Å². The van der Waals surface area contributed by atoms with Crippen LogP contribution in [-0.4, -0.2) is 56.7 Å². The largest absolute Gasteiger partial charge is 0.496 e. The molecule has 1 aliphatic rings. The number of rotatable bonds is 11. The average molecular weight is 516 g/mol. The number of nitrogens with one attached hydrogen (secondary N) is 1. The van der Waals surface area contributed by atoms with Crippen molar-refractivity contribution >= 4 is 23.5 Å². The number of benzene rings is 2. The van der Waals surface area contributed by atoms with Gasteiger partial charge in [0.25, 0.3) is 0 Å². The maximum Gasteiger partial charge on any atom is 0.324 e. The van der Waals surface area contributed by atoms with E-state index in [4.69, 9.17) is 14.2 Å². The fourth-order valence-electron chi connectivity index (χ4n) is 4.22. The predicted octanol–water partition coefficient (Wildman–Crippen LogP) is 4.13. The van der Waals surface area contributed by atoms with Gasteiger partial charge in [-0.1, -0.05) is 19.8 Å². The van der Waals surface area contributed by atoms with Crippen LogP contribution in [0.1, 0.15) is 38.7 Å². The Morgan fingerprint density at radius 1 is 1.03 bits per heavy atom. The lowest BCUT2D eigenvalue weighted by atomic mass is 10.0. The molecule has 200 valence electrons. The number of urea groups is 1. The standard InChI is InChI=1S/C27H34FN3O6/c1-5-6-7-12-37-25-14-22(9-11-24(25)36-4)31-17-20(26(33)29-18(2)32)16-30(27(31)34)15-19-13-21(28)8-10-23(19)35-3/h8-11,13-14,20H,5-7,12,15-17H2,1-4H3,(H,29,32,33). The molecular weight excluding hydrogens is 481 g/mol. The number of halogens is 1. The number of carbonyl (C=O) groups is 3. The van der Waals surface area contributed by atoms with Gasteiger partial charge in [-0.25, -0.2) is 9.18 Å². The molecule has 1 unspecified atom stereocenters. The lowest BCUT2D eigenvalue weighted by Crippen LogP contribution is -2.57. The first-order valence-electron chi connectivity index (χ1n) is 12.3. The molecule has 1 aliphatic heterocycles. The van der Waals surface area contributed by atoms with E-state index in [2.05, 4.69) is 12.2 Å². The SMILES string of the molecule is CCCCCOc1cc(N2CC(C(=O)NC(C)=O)CN(Cc3cc(F)ccc3OC)C2=O)ccc1OC. The number of unbranched alkanes of at least 4 members (excludes halogenated alkanes) is 2. The Morgan fingerprint density at radius 3 is 2.43 bits per heavy atom. The first-order valence-corrected chi connectivity index (χ1v) is 12.3. The minimum Gasteiger partial charge on any atom is -0.496 e. The topological polar surface area (TPSA) is 97.4 Å². The number of methoxy groups -OCH3 is 2. The molecule has 4 amide bonds. The number of hydrogen-bond acceptors (Lipinski definition) is 6. The zero-order chi connectivity index (χ0) is 26.9. The molecule has 0 aliphatic carbocycles. The van der Waals surface area contributed by atoms with E-state index >= 15 is 0 Å². The lowest BCUT2D eigenvalue weighted by Gasteiger charge is -2.39. The van der Waals surface area contributed by atoms with E-state index in [0.29, 0.717) is 35.1 Å². The molecule has 1 N–H and O–H groups in total. The Bertz CT molecular complexity index is 1130. The van der Waals surface area contributed by atoms with Gasteiger partial charge in [0, 0.05) is 37.3 Å². The molecule has 0 spiro atoms. The van der Waals surface area contributed by atoms with E-state index in [1.54, 1.807) is 18.2 Å². The van der Waals surface area contributed by atoms with Gasteiger partial charge in [0.05, 0.1) is 33.3 Å². The Morgan fingerprint density at radius 2 is 1.76 bits per heavy atom. The Labute approximate surface area is 216 Å². The van der Waals surface area contributed by atoms with Crippen molar-refractivity contribution in [3.05, 3.63) is 47.8 Å². The highest BCUT2D eigenvalue weighted by molar-refractivity contribution is 5.99. The third-order valence-corrected chi connectivity index (χ3v) is 6.08. The summed E-state index contributed by atoms with van der Waals surface area (Å²) in [5.74, 6) is -0.734. The van der Waals surface area contributed by atoms with Crippen LogP contribution < -0.4 is 24.4 Å². The maximum absolute atomic E-state index is 14.0. The van der Waals surface area contributed by atoms with Crippen molar-refractivity contribution in [1.82, 2.24) is 10.2 Å². The summed E-state index contributed by atoms with van der Waals surface area (Å²) in [7, 11) is 3.00. The Hall–Kier alpha value is -3.82. The molecule has 1 fully saturated rings. The fourth-order valence-corrected chi connectivity index (χ4v) is 4.22. The zero-order valence-corrected chi connectivity index (χ0v) is 21.7. The first-order chi connectivity index (χ1) is 17.8. The fraction of sp³-hybridized carbons (Fsp3) is 0.444. The minimum atomic E-state index is -0.711. The number of nitrogens with zero attached hydrogens (tertiary/aromatic N) is 2. The second-order valence-corrected chi connectivity index (χ2v) is 8.86. The molecular formula is C27H34FN3O6. The van der Waals surface area contributed by atoms with Crippen molar-refractivity contribution in [1.29, 1.82) is 0 Å². The maximum atomic E-state index is 14.0. The molecule has 1 saturated heterocycles. The summed E-state index contributed by atoms with van der Waals surface area (Å²) in [6.45, 7) is 3.96. The quantitative estimate of drug-likeness (QED) is 0.452. The summed E-state index contributed by atoms with van der Waals surface area (Å²) in [6, 6.07) is 8.80. The van der Waals surface area contributed by atoms with E-state index in [-0.39, 0.29) is 25.7 Å². The van der Waals surface area contributed by atoms with Gasteiger partial charge in [-0.15, -0.1) is 0 Å². The molecule has 0 saturated carbocycles. The number of ether oxygens (including phenoxy) is 3. The van der Waals surface area contributed by atoms with Crippen molar-refractivity contribution in [2.45, 2.75) is 39.7 Å². The normalized spacial score (nSPS) is 15.4. The van der Waals surface area contributed by atoms with Gasteiger partial charge in [0.1, 0.15) is 11.6 Å². The summed E-state index contributed by atoms with van der Waals surface area (Å²) in [5.41, 5.74) is 0.964. The molecule has 0 aromatic heterocycles. The minimum absolute atomic E-state index is 0.0106. The van der Waals surface area contributed by atoms with Gasteiger partial charge < -0.3 is 19.1 Å². The van der Waals surface area contributed by atoms with Gasteiger partial charge in [-0.2, -0.15) is 0 Å². The highest BCUT2D eigenvalue weighted by Crippen LogP contribution is 2.34. The van der Waals surface area contributed by atoms with Crippen LogP contribution >= 0.6 is 0 Å². The van der Waals surface area contributed by atoms with Crippen LogP contribution in [0.2, 0.25) is 0 Å². The summed E-state index contributed by atoms with van der Waals surface area (Å²) in [6.07, 6.45) is 2.96. The number of carbonyl (C=O) groups excluding carboxylic acids is 3. The predicted molar refractivity (Wildman–Crippen MR) is 136 cm³/mol. The first kappa shape index (κ1) is 27.8. The molecule has 0 bridgehead atoms. The Balaban J connectivity index is 1.93. The van der Waals surface area contributed by atoms with E-state index in [9.17, 15) is 18.8 Å². The van der Waals surface area contributed by atoms with E-state index in [1.165, 1.54) is 49.1 Å². The summed E-state index contributed by atoms with van der Waals surface area (Å²) in [5, 5.41) is 2.31. The van der Waals surface area contributed by atoms with E-state index in [0.717, 1.165) is 19.3 Å². The average Bonchev–Trinajstić information content (AvgIpc) is 2.87. The molecule has 2 aromatic rings. The van der Waals surface area contributed by atoms with E-state index in [1.807, 2.05) is 0 Å². The number of hydrogen-bond donors (Lipinski definition) is 1. The van der Waals surface area contributed by atoms with Gasteiger partial charge >= 0.3 is 6.03 Å². The van der Waals surface area contributed by atoms with Crippen molar-refractivity contribution in [3.63, 3.8) is 0 Å². The van der Waals surface area contributed by atoms with Gasteiger partial charge in [0.2, 0.25) is 11.8 Å². The number of imide groups is 1. The second-order valence-electron chi connectivity index (χ2n) is 8.86. The molecule has 1 heterocycles. The second kappa shape index (κ2) is 12.9. The third-order valence-electron chi connectivity index (χ3n) is 6.08. The molecule has 10 heteroatoms. The monoisotopic (exact) mass is 515 g/mol. The van der Waals surface area contributed by atoms with Gasteiger partial charge in [0.15, 0.2) is 11.5 Å². The van der Waals surface area contributed by atoms with Crippen LogP contribution in [0, 0.1) is 11.7 Å². The Kier molecular flexibility index (Phi) is 9.71. The van der Waals surface area contributed by atoms with Crippen LogP contribution in [0.3, 0.4) is 0 Å². The zero-order valence-electron chi connectivity index (χ0n) is 21.7. The third kappa shape index (κ3) is 7.12. The van der Waals surface area contributed by atoms with Crippen LogP contribution in [-0.2, 0) is 16.1 Å². The highest BCUT2D eigenvalue weighted by atomic mass is 19.1. The molecule has 1 atom stereocenters. The molecule has 3 rings (SSSR count). The molecule has 0 radical (unpaired) electrons. The van der Waals surface area contributed by atoms with Gasteiger partial charge in [-0.3, -0.25) is 19.8 Å². The highest BCUT2D eigenvalue weighted by Gasteiger charge is 2.37. The lowest BCUT2D eigenvalue weighted by molar-refractivity contribution is -0.132. The van der Waals surface area contributed by atoms with Crippen molar-refractivity contribution in [2.24, 2.45) is 5.92 Å². The van der Waals surface area contributed by atoms with Gasteiger partial charge in [-0.05, 0) is 36.8 Å². The number of anilines is 1. The molecule has 37 heavy (non-hydrogen) atoms. The molecule has 9 nitrogen and oxygen atoms in total.